The fraction of sp³-hybridized carbons (Fsp3) is 0.188. The molecule has 3 aromatic rings. The maximum Gasteiger partial charge on any atom is 0.238 e. The summed E-state index contributed by atoms with van der Waals surface area (Å²) in [4.78, 5) is 16.9. The van der Waals surface area contributed by atoms with Gasteiger partial charge in [-0.3, -0.25) is 4.79 Å². The summed E-state index contributed by atoms with van der Waals surface area (Å²) in [5.74, 6) is -0.138. The van der Waals surface area contributed by atoms with E-state index in [1.54, 1.807) is 11.4 Å². The predicted octanol–water partition coefficient (Wildman–Crippen LogP) is 3.63. The first kappa shape index (κ1) is 15.6. The molecule has 3 rings (SSSR count). The zero-order valence-corrected chi connectivity index (χ0v) is 14.2. The summed E-state index contributed by atoms with van der Waals surface area (Å²) in [5.41, 5.74) is 2.44. The van der Waals surface area contributed by atoms with Gasteiger partial charge in [0.25, 0.3) is 0 Å². The van der Waals surface area contributed by atoms with Crippen LogP contribution in [0.4, 0.5) is 5.00 Å². The highest BCUT2D eigenvalue weighted by molar-refractivity contribution is 8.00. The summed E-state index contributed by atoms with van der Waals surface area (Å²) in [5, 5.41) is 14.7. The molecule has 0 aliphatic heterocycles. The number of rotatable bonds is 4. The minimum absolute atomic E-state index is 0.138. The molecule has 1 aromatic carbocycles. The molecule has 0 fully saturated rings. The van der Waals surface area contributed by atoms with Gasteiger partial charge in [0.15, 0.2) is 5.16 Å². The molecule has 1 amide bonds. The summed E-state index contributed by atoms with van der Waals surface area (Å²) in [6.45, 7) is 1.83. The lowest BCUT2D eigenvalue weighted by atomic mass is 10.3. The number of thioether (sulfide) groups is 1. The number of carbonyl (C=O) groups is 1. The van der Waals surface area contributed by atoms with Crippen molar-refractivity contribution in [1.82, 2.24) is 9.55 Å². The monoisotopic (exact) mass is 342 g/mol. The third-order valence-corrected chi connectivity index (χ3v) is 5.39. The van der Waals surface area contributed by atoms with E-state index < -0.39 is 0 Å². The average molecular weight is 342 g/mol. The number of benzene rings is 1. The fourth-order valence-corrected chi connectivity index (χ4v) is 3.78. The molecule has 0 saturated heterocycles. The van der Waals surface area contributed by atoms with Crippen molar-refractivity contribution < 1.29 is 4.79 Å². The summed E-state index contributed by atoms with van der Waals surface area (Å²) in [6, 6.07) is 11.6. The van der Waals surface area contributed by atoms with Crippen LogP contribution in [0.3, 0.4) is 0 Å². The van der Waals surface area contributed by atoms with E-state index >= 15 is 0 Å². The first-order chi connectivity index (χ1) is 11.1. The van der Waals surface area contributed by atoms with Gasteiger partial charge < -0.3 is 9.88 Å². The molecule has 23 heavy (non-hydrogen) atoms. The lowest BCUT2D eigenvalue weighted by Crippen LogP contribution is -2.22. The zero-order chi connectivity index (χ0) is 16.4. The van der Waals surface area contributed by atoms with Crippen molar-refractivity contribution in [3.63, 3.8) is 0 Å². The van der Waals surface area contributed by atoms with Gasteiger partial charge in [0.2, 0.25) is 5.91 Å². The molecule has 0 saturated carbocycles. The Labute approximate surface area is 142 Å². The molecule has 5 nitrogen and oxygen atoms in total. The van der Waals surface area contributed by atoms with Gasteiger partial charge in [-0.05, 0) is 30.5 Å². The smallest absolute Gasteiger partial charge is 0.238 e. The summed E-state index contributed by atoms with van der Waals surface area (Å²) >= 11 is 2.75. The minimum Gasteiger partial charge on any atom is -0.322 e. The second kappa shape index (κ2) is 6.44. The Morgan fingerprint density at radius 3 is 2.96 bits per heavy atom. The number of amides is 1. The van der Waals surface area contributed by atoms with Gasteiger partial charge in [-0.15, -0.1) is 11.3 Å². The Balaban J connectivity index is 1.75. The number of aromatic nitrogens is 2. The number of hydrogen-bond acceptors (Lipinski definition) is 5. The van der Waals surface area contributed by atoms with Crippen LogP contribution in [0.2, 0.25) is 0 Å². The van der Waals surface area contributed by atoms with Gasteiger partial charge in [-0.25, -0.2) is 4.98 Å². The van der Waals surface area contributed by atoms with E-state index in [2.05, 4.69) is 16.4 Å². The maximum atomic E-state index is 12.3. The van der Waals surface area contributed by atoms with Crippen LogP contribution >= 0.6 is 23.1 Å². The Kier molecular flexibility index (Phi) is 4.37. The second-order valence-corrected chi connectivity index (χ2v) is 7.19. The van der Waals surface area contributed by atoms with E-state index in [0.29, 0.717) is 10.6 Å². The number of anilines is 1. The van der Waals surface area contributed by atoms with Crippen LogP contribution in [-0.4, -0.2) is 20.7 Å². The normalized spacial score (nSPS) is 12.0. The zero-order valence-electron chi connectivity index (χ0n) is 12.6. The quantitative estimate of drug-likeness (QED) is 0.735. The first-order valence-electron chi connectivity index (χ1n) is 6.96. The third kappa shape index (κ3) is 3.09. The number of hydrogen-bond donors (Lipinski definition) is 1. The van der Waals surface area contributed by atoms with Gasteiger partial charge >= 0.3 is 0 Å². The predicted molar refractivity (Wildman–Crippen MR) is 93.7 cm³/mol. The standard InChI is InChI=1S/C16H14N4OS2/c1-10(14(21)19-15-11(9-17)7-8-22-15)23-16-18-12-5-3-4-6-13(12)20(16)2/h3-8,10H,1-2H3,(H,19,21). The molecule has 1 unspecified atom stereocenters. The molecule has 1 atom stereocenters. The Hall–Kier alpha value is -2.30. The van der Waals surface area contributed by atoms with E-state index in [9.17, 15) is 4.79 Å². The third-order valence-electron chi connectivity index (χ3n) is 3.42. The molecule has 7 heteroatoms. The summed E-state index contributed by atoms with van der Waals surface area (Å²) in [6.07, 6.45) is 0. The van der Waals surface area contributed by atoms with Gasteiger partial charge in [0.05, 0.1) is 21.8 Å². The van der Waals surface area contributed by atoms with Crippen LogP contribution in [0.15, 0.2) is 40.9 Å². The molecule has 0 aliphatic carbocycles. The van der Waals surface area contributed by atoms with E-state index in [1.165, 1.54) is 23.1 Å². The molecule has 116 valence electrons. The number of aryl methyl sites for hydroxylation is 1. The molecular weight excluding hydrogens is 328 g/mol. The first-order valence-corrected chi connectivity index (χ1v) is 8.72. The van der Waals surface area contributed by atoms with Crippen LogP contribution in [-0.2, 0) is 11.8 Å². The number of nitriles is 1. The Morgan fingerprint density at radius 1 is 1.43 bits per heavy atom. The number of carbonyl (C=O) groups excluding carboxylic acids is 1. The van der Waals surface area contributed by atoms with Crippen molar-refractivity contribution in [3.05, 3.63) is 41.3 Å². The second-order valence-electron chi connectivity index (χ2n) is 4.97. The van der Waals surface area contributed by atoms with Crippen molar-refractivity contribution in [2.24, 2.45) is 7.05 Å². The van der Waals surface area contributed by atoms with Crippen LogP contribution < -0.4 is 5.32 Å². The van der Waals surface area contributed by atoms with E-state index in [4.69, 9.17) is 5.26 Å². The lowest BCUT2D eigenvalue weighted by molar-refractivity contribution is -0.115. The highest BCUT2D eigenvalue weighted by Gasteiger charge is 2.19. The van der Waals surface area contributed by atoms with Crippen molar-refractivity contribution in [1.29, 1.82) is 5.26 Å². The molecule has 0 aliphatic rings. The number of thiophene rings is 1. The van der Waals surface area contributed by atoms with Crippen molar-refractivity contribution in [3.8, 4) is 6.07 Å². The SMILES string of the molecule is CC(Sc1nc2ccccc2n1C)C(=O)Nc1sccc1C#N. The van der Waals surface area contributed by atoms with Gasteiger partial charge in [0, 0.05) is 7.05 Å². The Morgan fingerprint density at radius 2 is 2.22 bits per heavy atom. The van der Waals surface area contributed by atoms with Crippen LogP contribution in [0.25, 0.3) is 11.0 Å². The van der Waals surface area contributed by atoms with E-state index in [0.717, 1.165) is 16.2 Å². The van der Waals surface area contributed by atoms with E-state index in [1.807, 2.05) is 42.8 Å². The molecule has 0 bridgehead atoms. The minimum atomic E-state index is -0.320. The topological polar surface area (TPSA) is 70.7 Å². The van der Waals surface area contributed by atoms with Crippen molar-refractivity contribution in [2.75, 3.05) is 5.32 Å². The molecule has 2 heterocycles. The van der Waals surface area contributed by atoms with Gasteiger partial charge in [-0.2, -0.15) is 5.26 Å². The molecular formula is C16H14N4OS2. The number of para-hydroxylation sites is 2. The number of imidazole rings is 1. The lowest BCUT2D eigenvalue weighted by Gasteiger charge is -2.11. The number of nitrogens with one attached hydrogen (secondary N) is 1. The van der Waals surface area contributed by atoms with Gasteiger partial charge in [-0.1, -0.05) is 23.9 Å². The van der Waals surface area contributed by atoms with Crippen molar-refractivity contribution >= 4 is 45.0 Å². The highest BCUT2D eigenvalue weighted by Crippen LogP contribution is 2.28. The summed E-state index contributed by atoms with van der Waals surface area (Å²) in [7, 11) is 1.94. The van der Waals surface area contributed by atoms with Crippen molar-refractivity contribution in [2.45, 2.75) is 17.3 Å². The van der Waals surface area contributed by atoms with Crippen LogP contribution in [0.1, 0.15) is 12.5 Å². The van der Waals surface area contributed by atoms with Crippen LogP contribution in [0.5, 0.6) is 0 Å². The highest BCUT2D eigenvalue weighted by atomic mass is 32.2. The largest absolute Gasteiger partial charge is 0.322 e. The molecule has 2 aromatic heterocycles. The molecule has 1 N–H and O–H groups in total. The summed E-state index contributed by atoms with van der Waals surface area (Å²) < 4.78 is 1.98. The number of fused-ring (bicyclic) bond motifs is 1. The fourth-order valence-electron chi connectivity index (χ4n) is 2.15. The molecule has 0 radical (unpaired) electrons. The molecule has 0 spiro atoms. The number of nitrogens with zero attached hydrogens (tertiary/aromatic N) is 3. The maximum absolute atomic E-state index is 12.3. The van der Waals surface area contributed by atoms with E-state index in [-0.39, 0.29) is 11.2 Å². The Bertz CT molecular complexity index is 906. The average Bonchev–Trinajstić information content (AvgIpc) is 3.12. The van der Waals surface area contributed by atoms with Crippen LogP contribution in [0, 0.1) is 11.3 Å². The van der Waals surface area contributed by atoms with Gasteiger partial charge in [0.1, 0.15) is 11.1 Å².